The summed E-state index contributed by atoms with van der Waals surface area (Å²) in [5.41, 5.74) is 5.76. The van der Waals surface area contributed by atoms with Crippen LogP contribution in [-0.2, 0) is 9.47 Å². The van der Waals surface area contributed by atoms with Gasteiger partial charge in [-0.1, -0.05) is 52.9 Å². The van der Waals surface area contributed by atoms with Gasteiger partial charge in [0.2, 0.25) is 0 Å². The summed E-state index contributed by atoms with van der Waals surface area (Å²) in [4.78, 5) is 0. The molecule has 0 saturated heterocycles. The number of hydrogen-bond acceptors (Lipinski definition) is 4. The van der Waals surface area contributed by atoms with Crippen molar-refractivity contribution in [1.29, 1.82) is 0 Å². The molecule has 0 aromatic heterocycles. The Morgan fingerprint density at radius 1 is 1.17 bits per heavy atom. The van der Waals surface area contributed by atoms with Crippen LogP contribution in [0, 0.1) is 11.3 Å². The number of nitrogens with two attached hydrogens (primary N) is 1. The molecule has 0 spiro atoms. The van der Waals surface area contributed by atoms with E-state index in [1.54, 1.807) is 7.11 Å². The number of rotatable bonds is 12. The Morgan fingerprint density at radius 2 is 1.83 bits per heavy atom. The zero-order valence-corrected chi connectivity index (χ0v) is 16.4. The quantitative estimate of drug-likeness (QED) is 0.528. The monoisotopic (exact) mass is 343 g/mol. The third-order valence-corrected chi connectivity index (χ3v) is 5.61. The van der Waals surface area contributed by atoms with Crippen LogP contribution >= 0.6 is 0 Å². The predicted molar refractivity (Wildman–Crippen MR) is 100 cm³/mol. The molecule has 0 aromatic carbocycles. The maximum atomic E-state index is 10.1. The molecule has 144 valence electrons. The molecule has 1 fully saturated rings. The highest BCUT2D eigenvalue weighted by Gasteiger charge is 2.45. The highest BCUT2D eigenvalue weighted by molar-refractivity contribution is 4.95. The van der Waals surface area contributed by atoms with Crippen molar-refractivity contribution < 1.29 is 14.6 Å². The lowest BCUT2D eigenvalue weighted by Gasteiger charge is -2.47. The van der Waals surface area contributed by atoms with Crippen LogP contribution < -0.4 is 5.73 Å². The summed E-state index contributed by atoms with van der Waals surface area (Å²) in [6, 6.07) is 0. The number of methoxy groups -OCH3 is 1. The highest BCUT2D eigenvalue weighted by atomic mass is 16.5. The van der Waals surface area contributed by atoms with Crippen molar-refractivity contribution in [2.24, 2.45) is 17.1 Å². The molecule has 0 bridgehead atoms. The summed E-state index contributed by atoms with van der Waals surface area (Å²) < 4.78 is 12.1. The second-order valence-electron chi connectivity index (χ2n) is 8.15. The van der Waals surface area contributed by atoms with Crippen LogP contribution in [0.2, 0.25) is 0 Å². The average molecular weight is 344 g/mol. The van der Waals surface area contributed by atoms with E-state index in [4.69, 9.17) is 15.2 Å². The van der Waals surface area contributed by atoms with E-state index in [2.05, 4.69) is 20.8 Å². The van der Waals surface area contributed by atoms with E-state index >= 15 is 0 Å². The molecule has 1 aliphatic rings. The minimum atomic E-state index is -0.471. The Hall–Kier alpha value is -0.160. The molecule has 1 saturated carbocycles. The molecule has 0 heterocycles. The van der Waals surface area contributed by atoms with E-state index in [1.165, 1.54) is 32.1 Å². The molecule has 0 aliphatic heterocycles. The van der Waals surface area contributed by atoms with Crippen molar-refractivity contribution in [1.82, 2.24) is 0 Å². The Morgan fingerprint density at radius 3 is 2.46 bits per heavy atom. The number of unbranched alkanes of at least 4 members (excludes halogenated alkanes) is 5. The molecule has 0 aromatic rings. The number of ether oxygens (including phenoxy) is 2. The van der Waals surface area contributed by atoms with E-state index < -0.39 is 6.10 Å². The second kappa shape index (κ2) is 11.5. The van der Waals surface area contributed by atoms with Gasteiger partial charge in [0.15, 0.2) is 0 Å². The third kappa shape index (κ3) is 6.99. The summed E-state index contributed by atoms with van der Waals surface area (Å²) in [7, 11) is 1.78. The van der Waals surface area contributed by atoms with Gasteiger partial charge >= 0.3 is 0 Å². The smallest absolute Gasteiger partial charge is 0.0676 e. The molecule has 1 rings (SSSR count). The van der Waals surface area contributed by atoms with Crippen molar-refractivity contribution in [2.45, 2.75) is 96.9 Å². The number of aliphatic hydroxyl groups excluding tert-OH is 1. The highest BCUT2D eigenvalue weighted by Crippen LogP contribution is 2.43. The SMILES string of the molecule is CCCCCCCCO[C@@H]1CCC(C)(C)[C@H](OC)[C@H]1CC(O)CN. The average Bonchev–Trinajstić information content (AvgIpc) is 2.55. The molecular formula is C20H41NO3. The van der Waals surface area contributed by atoms with Crippen molar-refractivity contribution in [3.05, 3.63) is 0 Å². The minimum Gasteiger partial charge on any atom is -0.392 e. The van der Waals surface area contributed by atoms with E-state index in [-0.39, 0.29) is 23.5 Å². The lowest BCUT2D eigenvalue weighted by atomic mass is 9.66. The first-order chi connectivity index (χ1) is 11.5. The van der Waals surface area contributed by atoms with Crippen LogP contribution in [0.3, 0.4) is 0 Å². The zero-order valence-electron chi connectivity index (χ0n) is 16.4. The molecule has 1 unspecified atom stereocenters. The van der Waals surface area contributed by atoms with Gasteiger partial charge in [-0.25, -0.2) is 0 Å². The lowest BCUT2D eigenvalue weighted by Crippen LogP contribution is -2.50. The predicted octanol–water partition coefficient (Wildman–Crippen LogP) is 3.89. The molecule has 4 heteroatoms. The van der Waals surface area contributed by atoms with Gasteiger partial charge in [0.05, 0.1) is 18.3 Å². The molecular weight excluding hydrogens is 302 g/mol. The largest absolute Gasteiger partial charge is 0.392 e. The molecule has 0 radical (unpaired) electrons. The van der Waals surface area contributed by atoms with E-state index in [0.717, 1.165) is 25.9 Å². The summed E-state index contributed by atoms with van der Waals surface area (Å²) >= 11 is 0. The second-order valence-corrected chi connectivity index (χ2v) is 8.15. The van der Waals surface area contributed by atoms with E-state index in [0.29, 0.717) is 13.0 Å². The first-order valence-corrected chi connectivity index (χ1v) is 9.98. The summed E-state index contributed by atoms with van der Waals surface area (Å²) in [5, 5.41) is 10.1. The first kappa shape index (κ1) is 21.9. The first-order valence-electron chi connectivity index (χ1n) is 9.98. The summed E-state index contributed by atoms with van der Waals surface area (Å²) in [5.74, 6) is 0.220. The maximum Gasteiger partial charge on any atom is 0.0676 e. The van der Waals surface area contributed by atoms with Gasteiger partial charge in [-0.2, -0.15) is 0 Å². The van der Waals surface area contributed by atoms with Gasteiger partial charge in [0.25, 0.3) is 0 Å². The normalized spacial score (nSPS) is 28.0. The Bertz CT molecular complexity index is 322. The molecule has 4 atom stereocenters. The molecule has 1 aliphatic carbocycles. The van der Waals surface area contributed by atoms with Gasteiger partial charge in [0, 0.05) is 26.2 Å². The van der Waals surface area contributed by atoms with Crippen LogP contribution in [0.25, 0.3) is 0 Å². The standard InChI is InChI=1S/C20H41NO3/c1-5-6-7-8-9-10-13-24-18-11-12-20(2,3)19(23-4)17(18)14-16(22)15-21/h16-19,22H,5-15,21H2,1-4H3/t16?,17-,18+,19+/m0/s1. The minimum absolute atomic E-state index is 0.113. The molecule has 4 nitrogen and oxygen atoms in total. The van der Waals surface area contributed by atoms with Crippen molar-refractivity contribution in [3.63, 3.8) is 0 Å². The molecule has 0 amide bonds. The fourth-order valence-corrected chi connectivity index (χ4v) is 4.15. The van der Waals surface area contributed by atoms with Gasteiger partial charge in [0.1, 0.15) is 0 Å². The van der Waals surface area contributed by atoms with Crippen LogP contribution in [-0.4, -0.2) is 43.7 Å². The fraction of sp³-hybridized carbons (Fsp3) is 1.00. The Kier molecular flexibility index (Phi) is 10.4. The maximum absolute atomic E-state index is 10.1. The van der Waals surface area contributed by atoms with Crippen LogP contribution in [0.15, 0.2) is 0 Å². The van der Waals surface area contributed by atoms with Crippen molar-refractivity contribution >= 4 is 0 Å². The van der Waals surface area contributed by atoms with Gasteiger partial charge < -0.3 is 20.3 Å². The van der Waals surface area contributed by atoms with Crippen molar-refractivity contribution in [3.8, 4) is 0 Å². The molecule has 3 N–H and O–H groups in total. The van der Waals surface area contributed by atoms with Crippen molar-refractivity contribution in [2.75, 3.05) is 20.3 Å². The molecule has 24 heavy (non-hydrogen) atoms. The zero-order chi connectivity index (χ0) is 18.0. The van der Waals surface area contributed by atoms with E-state index in [1.807, 2.05) is 0 Å². The Balaban J connectivity index is 2.50. The fourth-order valence-electron chi connectivity index (χ4n) is 4.15. The third-order valence-electron chi connectivity index (χ3n) is 5.61. The summed E-state index contributed by atoms with van der Waals surface area (Å²) in [6.45, 7) is 7.88. The number of aliphatic hydroxyl groups is 1. The number of hydrogen-bond donors (Lipinski definition) is 2. The van der Waals surface area contributed by atoms with Gasteiger partial charge in [-0.05, 0) is 31.1 Å². The van der Waals surface area contributed by atoms with Crippen LogP contribution in [0.4, 0.5) is 0 Å². The van der Waals surface area contributed by atoms with E-state index in [9.17, 15) is 5.11 Å². The van der Waals surface area contributed by atoms with Gasteiger partial charge in [-0.3, -0.25) is 0 Å². The van der Waals surface area contributed by atoms with Crippen LogP contribution in [0.1, 0.15) is 78.6 Å². The van der Waals surface area contributed by atoms with Gasteiger partial charge in [-0.15, -0.1) is 0 Å². The summed E-state index contributed by atoms with van der Waals surface area (Å²) in [6.07, 6.45) is 10.3. The van der Waals surface area contributed by atoms with Crippen LogP contribution in [0.5, 0.6) is 0 Å². The topological polar surface area (TPSA) is 64.7 Å². The Labute approximate surface area is 149 Å². The lowest BCUT2D eigenvalue weighted by molar-refractivity contribution is -0.140.